The molecule has 0 heterocycles. The van der Waals surface area contributed by atoms with Gasteiger partial charge < -0.3 is 15.1 Å². The summed E-state index contributed by atoms with van der Waals surface area (Å²) >= 11 is 0. The smallest absolute Gasteiger partial charge is 0.146 e. The molecule has 1 atom stereocenters. The molecule has 84 valence electrons. The molecule has 3 nitrogen and oxygen atoms in total. The Morgan fingerprint density at radius 1 is 1.47 bits per heavy atom. The topological polar surface area (TPSA) is 43.7 Å². The summed E-state index contributed by atoms with van der Waals surface area (Å²) in [6, 6.07) is 4.56. The summed E-state index contributed by atoms with van der Waals surface area (Å²) in [7, 11) is 1.71. The highest BCUT2D eigenvalue weighted by Gasteiger charge is 2.09. The number of rotatable bonds is 4. The van der Waals surface area contributed by atoms with Crippen molar-refractivity contribution in [3.05, 3.63) is 29.6 Å². The maximum absolute atomic E-state index is 13.5. The molecule has 0 radical (unpaired) electrons. The molecule has 0 fully saturated rings. The Labute approximate surface area is 88.8 Å². The number of nitrogens with zero attached hydrogens (tertiary/aromatic N) is 1. The Morgan fingerprint density at radius 2 is 2.13 bits per heavy atom. The second kappa shape index (κ2) is 5.09. The van der Waals surface area contributed by atoms with Crippen molar-refractivity contribution in [2.45, 2.75) is 19.6 Å². The summed E-state index contributed by atoms with van der Waals surface area (Å²) in [6.07, 6.45) is -0.507. The van der Waals surface area contributed by atoms with Gasteiger partial charge in [0, 0.05) is 13.6 Å². The number of aliphatic hydroxyl groups excluding tert-OH is 2. The quantitative estimate of drug-likeness (QED) is 0.788. The third-order valence-electron chi connectivity index (χ3n) is 2.14. The van der Waals surface area contributed by atoms with Gasteiger partial charge in [-0.15, -0.1) is 0 Å². The van der Waals surface area contributed by atoms with E-state index in [9.17, 15) is 9.50 Å². The molecule has 0 aliphatic rings. The minimum Gasteiger partial charge on any atom is -0.392 e. The summed E-state index contributed by atoms with van der Waals surface area (Å²) < 4.78 is 13.5. The SMILES string of the molecule is CC(O)CN(C)c1ccc(CO)cc1F. The maximum Gasteiger partial charge on any atom is 0.146 e. The largest absolute Gasteiger partial charge is 0.392 e. The number of anilines is 1. The van der Waals surface area contributed by atoms with E-state index in [2.05, 4.69) is 0 Å². The predicted molar refractivity (Wildman–Crippen MR) is 57.3 cm³/mol. The van der Waals surface area contributed by atoms with Crippen LogP contribution < -0.4 is 4.90 Å². The van der Waals surface area contributed by atoms with Crippen molar-refractivity contribution in [3.63, 3.8) is 0 Å². The van der Waals surface area contributed by atoms with Crippen molar-refractivity contribution in [1.82, 2.24) is 0 Å². The van der Waals surface area contributed by atoms with Gasteiger partial charge in [0.15, 0.2) is 0 Å². The van der Waals surface area contributed by atoms with Crippen molar-refractivity contribution in [1.29, 1.82) is 0 Å². The lowest BCUT2D eigenvalue weighted by atomic mass is 10.2. The highest BCUT2D eigenvalue weighted by molar-refractivity contribution is 5.48. The Kier molecular flexibility index (Phi) is 4.05. The molecule has 0 aliphatic heterocycles. The van der Waals surface area contributed by atoms with Gasteiger partial charge >= 0.3 is 0 Å². The van der Waals surface area contributed by atoms with E-state index in [0.717, 1.165) is 0 Å². The summed E-state index contributed by atoms with van der Waals surface area (Å²) in [5.74, 6) is -0.385. The minimum atomic E-state index is -0.507. The zero-order valence-electron chi connectivity index (χ0n) is 8.94. The molecule has 1 rings (SSSR count). The van der Waals surface area contributed by atoms with Gasteiger partial charge in [-0.25, -0.2) is 4.39 Å². The van der Waals surface area contributed by atoms with Crippen LogP contribution in [-0.2, 0) is 6.61 Å². The van der Waals surface area contributed by atoms with Crippen molar-refractivity contribution in [2.24, 2.45) is 0 Å². The second-order valence-electron chi connectivity index (χ2n) is 3.67. The zero-order valence-corrected chi connectivity index (χ0v) is 8.94. The molecule has 0 amide bonds. The summed E-state index contributed by atoms with van der Waals surface area (Å²) in [4.78, 5) is 1.64. The number of likely N-dealkylation sites (N-methyl/N-ethyl adjacent to an activating group) is 1. The number of hydrogen-bond acceptors (Lipinski definition) is 3. The van der Waals surface area contributed by atoms with Crippen molar-refractivity contribution >= 4 is 5.69 Å². The summed E-state index contributed by atoms with van der Waals surface area (Å²) in [5, 5.41) is 18.0. The predicted octanol–water partition coefficient (Wildman–Crippen LogP) is 1.14. The molecular weight excluding hydrogens is 197 g/mol. The fraction of sp³-hybridized carbons (Fsp3) is 0.455. The van der Waals surface area contributed by atoms with Crippen molar-refractivity contribution in [2.75, 3.05) is 18.5 Å². The highest BCUT2D eigenvalue weighted by Crippen LogP contribution is 2.19. The van der Waals surface area contributed by atoms with Crippen LogP contribution in [-0.4, -0.2) is 29.9 Å². The molecule has 0 saturated heterocycles. The van der Waals surface area contributed by atoms with Crippen LogP contribution in [0, 0.1) is 5.82 Å². The lowest BCUT2D eigenvalue weighted by molar-refractivity contribution is 0.201. The fourth-order valence-corrected chi connectivity index (χ4v) is 1.45. The molecule has 0 saturated carbocycles. The van der Waals surface area contributed by atoms with Crippen molar-refractivity contribution < 1.29 is 14.6 Å². The molecule has 0 spiro atoms. The first-order chi connectivity index (χ1) is 7.04. The first-order valence-corrected chi connectivity index (χ1v) is 4.83. The number of aliphatic hydroxyl groups is 2. The van der Waals surface area contributed by atoms with Gasteiger partial charge in [-0.3, -0.25) is 0 Å². The van der Waals surface area contributed by atoms with Gasteiger partial charge in [0.25, 0.3) is 0 Å². The van der Waals surface area contributed by atoms with Crippen LogP contribution in [0.1, 0.15) is 12.5 Å². The Hall–Kier alpha value is -1.13. The standard InChI is InChI=1S/C11H16FNO2/c1-8(15)6-13(2)11-4-3-9(7-14)5-10(11)12/h3-5,8,14-15H,6-7H2,1-2H3. The van der Waals surface area contributed by atoms with Crippen LogP contribution in [0.2, 0.25) is 0 Å². The van der Waals surface area contributed by atoms with Gasteiger partial charge in [0.05, 0.1) is 18.4 Å². The van der Waals surface area contributed by atoms with Crippen LogP contribution in [0.25, 0.3) is 0 Å². The van der Waals surface area contributed by atoms with E-state index in [1.807, 2.05) is 0 Å². The third-order valence-corrected chi connectivity index (χ3v) is 2.14. The second-order valence-corrected chi connectivity index (χ2v) is 3.67. The molecule has 4 heteroatoms. The normalized spacial score (nSPS) is 12.6. The number of benzene rings is 1. The Balaban J connectivity index is 2.85. The monoisotopic (exact) mass is 213 g/mol. The molecule has 15 heavy (non-hydrogen) atoms. The first-order valence-electron chi connectivity index (χ1n) is 4.83. The molecular formula is C11H16FNO2. The lowest BCUT2D eigenvalue weighted by Gasteiger charge is -2.21. The Morgan fingerprint density at radius 3 is 2.60 bits per heavy atom. The van der Waals surface area contributed by atoms with Crippen LogP contribution in [0.15, 0.2) is 18.2 Å². The molecule has 1 aromatic rings. The van der Waals surface area contributed by atoms with E-state index in [1.165, 1.54) is 6.07 Å². The summed E-state index contributed by atoms with van der Waals surface area (Å²) in [6.45, 7) is 1.85. The first kappa shape index (κ1) is 11.9. The van der Waals surface area contributed by atoms with E-state index in [4.69, 9.17) is 5.11 Å². The van der Waals surface area contributed by atoms with Crippen molar-refractivity contribution in [3.8, 4) is 0 Å². The Bertz CT molecular complexity index is 328. The van der Waals surface area contributed by atoms with Crippen LogP contribution in [0.5, 0.6) is 0 Å². The van der Waals surface area contributed by atoms with Crippen LogP contribution in [0.4, 0.5) is 10.1 Å². The number of hydrogen-bond donors (Lipinski definition) is 2. The van der Waals surface area contributed by atoms with E-state index < -0.39 is 6.10 Å². The average Bonchev–Trinajstić information content (AvgIpc) is 2.16. The molecule has 0 aliphatic carbocycles. The average molecular weight is 213 g/mol. The van der Waals surface area contributed by atoms with E-state index in [1.54, 1.807) is 31.0 Å². The lowest BCUT2D eigenvalue weighted by Crippen LogP contribution is -2.27. The third kappa shape index (κ3) is 3.18. The fourth-order valence-electron chi connectivity index (χ4n) is 1.45. The highest BCUT2D eigenvalue weighted by atomic mass is 19.1. The maximum atomic E-state index is 13.5. The molecule has 1 aromatic carbocycles. The van der Waals surface area contributed by atoms with E-state index in [-0.39, 0.29) is 12.4 Å². The van der Waals surface area contributed by atoms with Gasteiger partial charge in [0.1, 0.15) is 5.82 Å². The van der Waals surface area contributed by atoms with Gasteiger partial charge in [0.2, 0.25) is 0 Å². The van der Waals surface area contributed by atoms with Gasteiger partial charge in [-0.05, 0) is 24.6 Å². The van der Waals surface area contributed by atoms with Gasteiger partial charge in [-0.2, -0.15) is 0 Å². The molecule has 2 N–H and O–H groups in total. The van der Waals surface area contributed by atoms with Gasteiger partial charge in [-0.1, -0.05) is 6.07 Å². The zero-order chi connectivity index (χ0) is 11.4. The molecule has 1 unspecified atom stereocenters. The van der Waals surface area contributed by atoms with Crippen LogP contribution >= 0.6 is 0 Å². The van der Waals surface area contributed by atoms with E-state index in [0.29, 0.717) is 17.8 Å². The molecule has 0 aromatic heterocycles. The summed E-state index contributed by atoms with van der Waals surface area (Å²) in [5.41, 5.74) is 0.967. The molecule has 0 bridgehead atoms. The minimum absolute atomic E-state index is 0.169. The van der Waals surface area contributed by atoms with Crippen LogP contribution in [0.3, 0.4) is 0 Å². The number of halogens is 1. The van der Waals surface area contributed by atoms with E-state index >= 15 is 0 Å².